The maximum atomic E-state index is 14.1. The minimum absolute atomic E-state index is 0.0929. The molecule has 108 valence electrons. The lowest BCUT2D eigenvalue weighted by Gasteiger charge is -2.19. The third kappa shape index (κ3) is 3.67. The summed E-state index contributed by atoms with van der Waals surface area (Å²) in [5, 5.41) is 5.11. The highest BCUT2D eigenvalue weighted by Gasteiger charge is 2.22. The van der Waals surface area contributed by atoms with Crippen LogP contribution in [-0.2, 0) is 6.42 Å². The molecule has 0 saturated heterocycles. The predicted octanol–water partition coefficient (Wildman–Crippen LogP) is 5.44. The number of rotatable bonds is 5. The Bertz CT molecular complexity index is 578. The van der Waals surface area contributed by atoms with E-state index in [0.29, 0.717) is 17.4 Å². The van der Waals surface area contributed by atoms with E-state index < -0.39 is 11.6 Å². The van der Waals surface area contributed by atoms with Gasteiger partial charge in [0.2, 0.25) is 0 Å². The number of halogens is 4. The fourth-order valence-electron chi connectivity index (χ4n) is 2.07. The average Bonchev–Trinajstić information content (AvgIpc) is 2.74. The lowest BCUT2D eigenvalue weighted by atomic mass is 10.0. The van der Waals surface area contributed by atoms with E-state index in [1.165, 1.54) is 12.1 Å². The number of benzene rings is 1. The summed E-state index contributed by atoms with van der Waals surface area (Å²) in [6.07, 6.45) is 0.543. The van der Waals surface area contributed by atoms with Gasteiger partial charge in [0.15, 0.2) is 0 Å². The standard InChI is InChI=1S/C14H13Br2F2NS/c1-2-19-12(7-13-9(16)3-4-20-13)14-10(17)5-8(15)6-11(14)18/h3-6,12,19H,2,7H2,1H3. The van der Waals surface area contributed by atoms with Gasteiger partial charge in [-0.3, -0.25) is 0 Å². The topological polar surface area (TPSA) is 12.0 Å². The minimum atomic E-state index is -0.532. The molecule has 20 heavy (non-hydrogen) atoms. The average molecular weight is 425 g/mol. The lowest BCUT2D eigenvalue weighted by molar-refractivity contribution is 0.473. The molecule has 0 spiro atoms. The van der Waals surface area contributed by atoms with Crippen molar-refractivity contribution in [1.82, 2.24) is 5.32 Å². The molecule has 0 amide bonds. The number of hydrogen-bond acceptors (Lipinski definition) is 2. The third-order valence-electron chi connectivity index (χ3n) is 2.92. The number of hydrogen-bond donors (Lipinski definition) is 1. The summed E-state index contributed by atoms with van der Waals surface area (Å²) in [6, 6.07) is 4.15. The molecule has 0 aliphatic carbocycles. The van der Waals surface area contributed by atoms with Crippen molar-refractivity contribution in [3.63, 3.8) is 0 Å². The summed E-state index contributed by atoms with van der Waals surface area (Å²) in [4.78, 5) is 1.07. The highest BCUT2D eigenvalue weighted by atomic mass is 79.9. The number of nitrogens with one attached hydrogen (secondary N) is 1. The van der Waals surface area contributed by atoms with E-state index in [2.05, 4.69) is 37.2 Å². The van der Waals surface area contributed by atoms with Crippen LogP contribution in [-0.4, -0.2) is 6.54 Å². The first-order valence-corrected chi connectivity index (χ1v) is 8.59. The van der Waals surface area contributed by atoms with Crippen molar-refractivity contribution >= 4 is 43.2 Å². The van der Waals surface area contributed by atoms with E-state index in [1.54, 1.807) is 11.3 Å². The highest BCUT2D eigenvalue weighted by molar-refractivity contribution is 9.10. The van der Waals surface area contributed by atoms with Crippen LogP contribution >= 0.6 is 43.2 Å². The Balaban J connectivity index is 2.36. The molecule has 6 heteroatoms. The van der Waals surface area contributed by atoms with Crippen molar-refractivity contribution in [3.05, 3.63) is 54.6 Å². The van der Waals surface area contributed by atoms with Crippen LogP contribution in [0.25, 0.3) is 0 Å². The molecule has 2 rings (SSSR count). The molecule has 2 aromatic rings. The first-order chi connectivity index (χ1) is 9.52. The second-order valence-corrected chi connectivity index (χ2v) is 7.06. The molecule has 0 radical (unpaired) electrons. The van der Waals surface area contributed by atoms with Crippen LogP contribution in [0.2, 0.25) is 0 Å². The van der Waals surface area contributed by atoms with E-state index in [-0.39, 0.29) is 11.6 Å². The van der Waals surface area contributed by atoms with Gasteiger partial charge in [-0.2, -0.15) is 0 Å². The van der Waals surface area contributed by atoms with E-state index >= 15 is 0 Å². The summed E-state index contributed by atoms with van der Waals surface area (Å²) < 4.78 is 29.6. The number of thiophene rings is 1. The van der Waals surface area contributed by atoms with Crippen LogP contribution in [0.5, 0.6) is 0 Å². The van der Waals surface area contributed by atoms with Crippen molar-refractivity contribution < 1.29 is 8.78 Å². The normalized spacial score (nSPS) is 12.7. The molecule has 1 heterocycles. The second kappa shape index (κ2) is 7.11. The highest BCUT2D eigenvalue weighted by Crippen LogP contribution is 2.31. The molecule has 1 unspecified atom stereocenters. The molecule has 0 aliphatic rings. The molecule has 1 nitrogen and oxygen atoms in total. The molecule has 0 fully saturated rings. The van der Waals surface area contributed by atoms with Crippen LogP contribution in [0, 0.1) is 11.6 Å². The Morgan fingerprint density at radius 2 is 1.90 bits per heavy atom. The van der Waals surface area contributed by atoms with Crippen molar-refractivity contribution in [2.24, 2.45) is 0 Å². The Hall–Kier alpha value is -0.300. The number of likely N-dealkylation sites (N-methyl/N-ethyl adjacent to an activating group) is 1. The summed E-state index contributed by atoms with van der Waals surface area (Å²) in [5.74, 6) is -1.06. The van der Waals surface area contributed by atoms with E-state index in [0.717, 1.165) is 9.35 Å². The van der Waals surface area contributed by atoms with Crippen LogP contribution in [0.3, 0.4) is 0 Å². The van der Waals surface area contributed by atoms with Crippen molar-refractivity contribution in [1.29, 1.82) is 0 Å². The first kappa shape index (κ1) is 16.1. The molecule has 1 N–H and O–H groups in total. The fraction of sp³-hybridized carbons (Fsp3) is 0.286. The zero-order valence-electron chi connectivity index (χ0n) is 10.7. The SMILES string of the molecule is CCNC(Cc1sccc1Br)c1c(F)cc(Br)cc1F. The van der Waals surface area contributed by atoms with Gasteiger partial charge in [0.25, 0.3) is 0 Å². The minimum Gasteiger partial charge on any atom is -0.310 e. The molecule has 1 aromatic carbocycles. The van der Waals surface area contributed by atoms with Crippen LogP contribution < -0.4 is 5.32 Å². The monoisotopic (exact) mass is 423 g/mol. The van der Waals surface area contributed by atoms with Crippen LogP contribution in [0.4, 0.5) is 8.78 Å². The van der Waals surface area contributed by atoms with Gasteiger partial charge in [-0.15, -0.1) is 11.3 Å². The second-order valence-electron chi connectivity index (χ2n) is 4.29. The summed E-state index contributed by atoms with van der Waals surface area (Å²) in [6.45, 7) is 2.56. The van der Waals surface area contributed by atoms with Gasteiger partial charge in [-0.25, -0.2) is 8.78 Å². The molecular formula is C14H13Br2F2NS. The van der Waals surface area contributed by atoms with Gasteiger partial charge >= 0.3 is 0 Å². The first-order valence-electron chi connectivity index (χ1n) is 6.12. The largest absolute Gasteiger partial charge is 0.310 e. The molecule has 1 atom stereocenters. The smallest absolute Gasteiger partial charge is 0.132 e. The Morgan fingerprint density at radius 3 is 2.40 bits per heavy atom. The lowest BCUT2D eigenvalue weighted by Crippen LogP contribution is -2.25. The summed E-state index contributed by atoms with van der Waals surface area (Å²) >= 11 is 8.13. The maximum Gasteiger partial charge on any atom is 0.132 e. The van der Waals surface area contributed by atoms with E-state index in [9.17, 15) is 8.78 Å². The van der Waals surface area contributed by atoms with Crippen molar-refractivity contribution in [3.8, 4) is 0 Å². The van der Waals surface area contributed by atoms with Crippen molar-refractivity contribution in [2.75, 3.05) is 6.54 Å². The van der Waals surface area contributed by atoms with E-state index in [1.807, 2.05) is 18.4 Å². The van der Waals surface area contributed by atoms with Gasteiger partial charge in [-0.1, -0.05) is 22.9 Å². The molecule has 0 bridgehead atoms. The molecule has 0 saturated carbocycles. The summed E-state index contributed by atoms with van der Waals surface area (Å²) in [5.41, 5.74) is 0.0929. The zero-order chi connectivity index (χ0) is 14.7. The summed E-state index contributed by atoms with van der Waals surface area (Å²) in [7, 11) is 0. The van der Waals surface area contributed by atoms with Crippen LogP contribution in [0.1, 0.15) is 23.4 Å². The third-order valence-corrected chi connectivity index (χ3v) is 5.33. The van der Waals surface area contributed by atoms with E-state index in [4.69, 9.17) is 0 Å². The Morgan fingerprint density at radius 1 is 1.25 bits per heavy atom. The molecule has 1 aromatic heterocycles. The molecule has 0 aliphatic heterocycles. The van der Waals surface area contributed by atoms with Gasteiger partial charge in [0.05, 0.1) is 0 Å². The Labute approximate surface area is 137 Å². The fourth-order valence-corrected chi connectivity index (χ4v) is 4.03. The van der Waals surface area contributed by atoms with Gasteiger partial charge < -0.3 is 5.32 Å². The predicted molar refractivity (Wildman–Crippen MR) is 86.2 cm³/mol. The Kier molecular flexibility index (Phi) is 5.72. The van der Waals surface area contributed by atoms with Gasteiger partial charge in [0, 0.05) is 31.8 Å². The quantitative estimate of drug-likeness (QED) is 0.673. The van der Waals surface area contributed by atoms with Gasteiger partial charge in [-0.05, 0) is 46.1 Å². The zero-order valence-corrected chi connectivity index (χ0v) is 14.7. The van der Waals surface area contributed by atoms with Gasteiger partial charge in [0.1, 0.15) is 11.6 Å². The van der Waals surface area contributed by atoms with Crippen molar-refractivity contribution in [2.45, 2.75) is 19.4 Å². The van der Waals surface area contributed by atoms with Crippen LogP contribution in [0.15, 0.2) is 32.5 Å². The maximum absolute atomic E-state index is 14.1. The molecular weight excluding hydrogens is 412 g/mol.